The SMILES string of the molecule is COc1cc(C(=O)O)ccc1/C=C/c1ccc2c(c1)C1(C)CCC2(C)C1. The molecule has 2 aliphatic rings. The quantitative estimate of drug-likeness (QED) is 0.765. The van der Waals surface area contributed by atoms with E-state index in [1.54, 1.807) is 25.3 Å². The molecule has 2 aromatic rings. The highest BCUT2D eigenvalue weighted by Crippen LogP contribution is 2.60. The third-order valence-electron chi connectivity index (χ3n) is 6.29. The normalized spacial score (nSPS) is 26.3. The first-order chi connectivity index (χ1) is 12.3. The first kappa shape index (κ1) is 16.9. The van der Waals surface area contributed by atoms with Crippen molar-refractivity contribution in [1.82, 2.24) is 0 Å². The standard InChI is InChI=1S/C23H24O3/c1-22-10-11-23(2,14-22)19-12-15(5-9-18(19)22)4-6-16-7-8-17(21(24)25)13-20(16)26-3/h4-9,12-13H,10-11,14H2,1-3H3,(H,24,25)/b6-4+. The second kappa shape index (κ2) is 5.73. The minimum Gasteiger partial charge on any atom is -0.496 e. The lowest BCUT2D eigenvalue weighted by atomic mass is 9.77. The van der Waals surface area contributed by atoms with Crippen LogP contribution in [0.15, 0.2) is 36.4 Å². The second-order valence-electron chi connectivity index (χ2n) is 8.20. The molecule has 0 radical (unpaired) electrons. The van der Waals surface area contributed by atoms with Gasteiger partial charge in [0.2, 0.25) is 0 Å². The van der Waals surface area contributed by atoms with Gasteiger partial charge in [-0.3, -0.25) is 0 Å². The largest absolute Gasteiger partial charge is 0.496 e. The maximum Gasteiger partial charge on any atom is 0.335 e. The number of carboxylic acids is 1. The Morgan fingerprint density at radius 3 is 2.46 bits per heavy atom. The summed E-state index contributed by atoms with van der Waals surface area (Å²) in [7, 11) is 1.56. The van der Waals surface area contributed by atoms with E-state index in [-0.39, 0.29) is 5.56 Å². The molecule has 1 N–H and O–H groups in total. The molecule has 0 aromatic heterocycles. The van der Waals surface area contributed by atoms with E-state index < -0.39 is 5.97 Å². The Bertz CT molecular complexity index is 927. The van der Waals surface area contributed by atoms with Gasteiger partial charge in [-0.2, -0.15) is 0 Å². The van der Waals surface area contributed by atoms with Crippen molar-refractivity contribution in [1.29, 1.82) is 0 Å². The summed E-state index contributed by atoms with van der Waals surface area (Å²) in [6, 6.07) is 11.8. The highest BCUT2D eigenvalue weighted by molar-refractivity contribution is 5.89. The molecular formula is C23H24O3. The minimum atomic E-state index is -0.950. The Morgan fingerprint density at radius 1 is 1.04 bits per heavy atom. The molecule has 2 aliphatic carbocycles. The predicted molar refractivity (Wildman–Crippen MR) is 104 cm³/mol. The maximum absolute atomic E-state index is 11.1. The molecule has 0 spiro atoms. The molecule has 1 fully saturated rings. The highest BCUT2D eigenvalue weighted by atomic mass is 16.5. The van der Waals surface area contributed by atoms with Gasteiger partial charge in [-0.1, -0.05) is 50.3 Å². The van der Waals surface area contributed by atoms with Gasteiger partial charge in [-0.25, -0.2) is 4.79 Å². The lowest BCUT2D eigenvalue weighted by Gasteiger charge is -2.27. The number of carbonyl (C=O) groups is 1. The van der Waals surface area contributed by atoms with E-state index >= 15 is 0 Å². The number of carboxylic acid groups (broad SMARTS) is 1. The van der Waals surface area contributed by atoms with Gasteiger partial charge < -0.3 is 9.84 Å². The molecular weight excluding hydrogens is 324 g/mol. The number of rotatable bonds is 4. The van der Waals surface area contributed by atoms with Crippen LogP contribution in [0.3, 0.4) is 0 Å². The molecule has 134 valence electrons. The van der Waals surface area contributed by atoms with Crippen LogP contribution in [0, 0.1) is 0 Å². The Balaban J connectivity index is 1.66. The van der Waals surface area contributed by atoms with Crippen LogP contribution in [0.4, 0.5) is 0 Å². The van der Waals surface area contributed by atoms with Crippen LogP contribution >= 0.6 is 0 Å². The number of fused-ring (bicyclic) bond motifs is 5. The van der Waals surface area contributed by atoms with Crippen molar-refractivity contribution in [2.75, 3.05) is 7.11 Å². The van der Waals surface area contributed by atoms with Crippen molar-refractivity contribution in [2.45, 2.75) is 43.9 Å². The molecule has 4 rings (SSSR count). The first-order valence-electron chi connectivity index (χ1n) is 9.09. The van der Waals surface area contributed by atoms with Crippen LogP contribution in [0.25, 0.3) is 12.2 Å². The molecule has 0 amide bonds. The molecule has 2 unspecified atom stereocenters. The fourth-order valence-corrected chi connectivity index (χ4v) is 4.91. The number of ether oxygens (including phenoxy) is 1. The topological polar surface area (TPSA) is 46.5 Å². The summed E-state index contributed by atoms with van der Waals surface area (Å²) >= 11 is 0. The zero-order valence-electron chi connectivity index (χ0n) is 15.5. The smallest absolute Gasteiger partial charge is 0.335 e. The van der Waals surface area contributed by atoms with Crippen molar-refractivity contribution in [3.63, 3.8) is 0 Å². The van der Waals surface area contributed by atoms with Crippen LogP contribution < -0.4 is 4.74 Å². The Kier molecular flexibility index (Phi) is 3.72. The van der Waals surface area contributed by atoms with Crippen LogP contribution in [-0.2, 0) is 10.8 Å². The number of methoxy groups -OCH3 is 1. The average molecular weight is 348 g/mol. The molecule has 26 heavy (non-hydrogen) atoms. The number of benzene rings is 2. The monoisotopic (exact) mass is 348 g/mol. The summed E-state index contributed by atoms with van der Waals surface area (Å²) in [6.07, 6.45) is 7.89. The van der Waals surface area contributed by atoms with Crippen LogP contribution in [0.5, 0.6) is 5.75 Å². The zero-order valence-corrected chi connectivity index (χ0v) is 15.5. The summed E-state index contributed by atoms with van der Waals surface area (Å²) < 4.78 is 5.35. The second-order valence-corrected chi connectivity index (χ2v) is 8.20. The molecule has 2 bridgehead atoms. The van der Waals surface area contributed by atoms with Gasteiger partial charge in [-0.15, -0.1) is 0 Å². The van der Waals surface area contributed by atoms with Crippen LogP contribution in [0.2, 0.25) is 0 Å². The Labute approximate surface area is 154 Å². The molecule has 2 atom stereocenters. The highest BCUT2D eigenvalue weighted by Gasteiger charge is 2.52. The van der Waals surface area contributed by atoms with Gasteiger partial charge in [0.1, 0.15) is 5.75 Å². The van der Waals surface area contributed by atoms with Gasteiger partial charge >= 0.3 is 5.97 Å². The summed E-state index contributed by atoms with van der Waals surface area (Å²) in [5, 5.41) is 9.12. The Hall–Kier alpha value is -2.55. The van der Waals surface area contributed by atoms with Crippen molar-refractivity contribution < 1.29 is 14.6 Å². The fourth-order valence-electron chi connectivity index (χ4n) is 4.91. The summed E-state index contributed by atoms with van der Waals surface area (Å²) in [4.78, 5) is 11.1. The lowest BCUT2D eigenvalue weighted by Crippen LogP contribution is -2.17. The van der Waals surface area contributed by atoms with Crippen LogP contribution in [0.1, 0.15) is 65.7 Å². The average Bonchev–Trinajstić information content (AvgIpc) is 3.07. The molecule has 0 aliphatic heterocycles. The van der Waals surface area contributed by atoms with E-state index in [9.17, 15) is 4.79 Å². The van der Waals surface area contributed by atoms with Gasteiger partial charge in [0.05, 0.1) is 12.7 Å². The fraction of sp³-hybridized carbons (Fsp3) is 0.348. The summed E-state index contributed by atoms with van der Waals surface area (Å²) in [6.45, 7) is 4.79. The number of aromatic carboxylic acids is 1. The van der Waals surface area contributed by atoms with Gasteiger partial charge in [-0.05, 0) is 58.9 Å². The summed E-state index contributed by atoms with van der Waals surface area (Å²) in [5.41, 5.74) is 5.96. The first-order valence-corrected chi connectivity index (χ1v) is 9.09. The van der Waals surface area contributed by atoms with Crippen molar-refractivity contribution in [3.05, 3.63) is 64.2 Å². The van der Waals surface area contributed by atoms with E-state index in [0.29, 0.717) is 16.6 Å². The Morgan fingerprint density at radius 2 is 1.77 bits per heavy atom. The maximum atomic E-state index is 11.1. The van der Waals surface area contributed by atoms with Gasteiger partial charge in [0.15, 0.2) is 0 Å². The van der Waals surface area contributed by atoms with E-state index in [0.717, 1.165) is 5.56 Å². The molecule has 1 saturated carbocycles. The third-order valence-corrected chi connectivity index (χ3v) is 6.29. The number of hydrogen-bond acceptors (Lipinski definition) is 2. The van der Waals surface area contributed by atoms with E-state index in [2.05, 4.69) is 38.1 Å². The molecule has 3 nitrogen and oxygen atoms in total. The van der Waals surface area contributed by atoms with E-state index in [1.165, 1.54) is 36.0 Å². The van der Waals surface area contributed by atoms with Crippen LogP contribution in [-0.4, -0.2) is 18.2 Å². The third kappa shape index (κ3) is 2.54. The predicted octanol–water partition coefficient (Wildman–Crippen LogP) is 5.28. The zero-order chi connectivity index (χ0) is 18.5. The summed E-state index contributed by atoms with van der Waals surface area (Å²) in [5.74, 6) is -0.380. The molecule has 3 heteroatoms. The van der Waals surface area contributed by atoms with Gasteiger partial charge in [0.25, 0.3) is 0 Å². The van der Waals surface area contributed by atoms with Crippen molar-refractivity contribution in [3.8, 4) is 5.75 Å². The molecule has 0 heterocycles. The molecule has 2 aromatic carbocycles. The minimum absolute atomic E-state index is 0.230. The molecule has 0 saturated heterocycles. The van der Waals surface area contributed by atoms with Gasteiger partial charge in [0, 0.05) is 5.56 Å². The lowest BCUT2D eigenvalue weighted by molar-refractivity contribution is 0.0696. The number of hydrogen-bond donors (Lipinski definition) is 1. The van der Waals surface area contributed by atoms with Crippen molar-refractivity contribution in [2.24, 2.45) is 0 Å². The van der Waals surface area contributed by atoms with E-state index in [1.807, 2.05) is 6.08 Å². The van der Waals surface area contributed by atoms with E-state index in [4.69, 9.17) is 9.84 Å². The van der Waals surface area contributed by atoms with Crippen molar-refractivity contribution >= 4 is 18.1 Å².